The Labute approximate surface area is 153 Å². The zero-order valence-corrected chi connectivity index (χ0v) is 15.4. The van der Waals surface area contributed by atoms with E-state index in [0.29, 0.717) is 5.56 Å². The molecule has 1 N–H and O–H groups in total. The molecule has 0 saturated heterocycles. The van der Waals surface area contributed by atoms with E-state index in [9.17, 15) is 4.79 Å². The third-order valence-corrected chi connectivity index (χ3v) is 5.55. The van der Waals surface area contributed by atoms with E-state index < -0.39 is 0 Å². The Bertz CT molecular complexity index is 707. The van der Waals surface area contributed by atoms with Gasteiger partial charge in [-0.15, -0.1) is 0 Å². The van der Waals surface area contributed by atoms with Gasteiger partial charge in [-0.3, -0.25) is 4.79 Å². The number of likely N-dealkylation sites (N-methyl/N-ethyl adjacent to an activating group) is 1. The van der Waals surface area contributed by atoms with Crippen LogP contribution >= 0.6 is 11.6 Å². The molecule has 2 aromatic rings. The van der Waals surface area contributed by atoms with Crippen LogP contribution in [0.2, 0.25) is 5.02 Å². The Hall–Kier alpha value is -1.85. The van der Waals surface area contributed by atoms with E-state index >= 15 is 0 Å². The van der Waals surface area contributed by atoms with Gasteiger partial charge in [0.05, 0.1) is 11.8 Å². The van der Waals surface area contributed by atoms with Crippen molar-refractivity contribution in [1.29, 1.82) is 0 Å². The lowest BCUT2D eigenvalue weighted by Crippen LogP contribution is -2.52. The lowest BCUT2D eigenvalue weighted by molar-refractivity contribution is 0.0769. The SMILES string of the molecule is CN(C)C1(Cc2cccc(Cl)c2)CCC(NC(=O)c2cnoc2)CC1. The zero-order chi connectivity index (χ0) is 17.9. The highest BCUT2D eigenvalue weighted by Crippen LogP contribution is 2.36. The molecule has 1 aromatic heterocycles. The second-order valence-corrected chi connectivity index (χ2v) is 7.52. The minimum absolute atomic E-state index is 0.100. The summed E-state index contributed by atoms with van der Waals surface area (Å²) in [6.07, 6.45) is 7.75. The van der Waals surface area contributed by atoms with Crippen LogP contribution in [0, 0.1) is 0 Å². The van der Waals surface area contributed by atoms with Crippen LogP contribution in [0.4, 0.5) is 0 Å². The van der Waals surface area contributed by atoms with Gasteiger partial charge in [0.25, 0.3) is 5.91 Å². The number of carbonyl (C=O) groups is 1. The van der Waals surface area contributed by atoms with Crippen molar-refractivity contribution in [2.75, 3.05) is 14.1 Å². The molecule has 0 atom stereocenters. The van der Waals surface area contributed by atoms with E-state index in [2.05, 4.69) is 35.5 Å². The molecule has 134 valence electrons. The Morgan fingerprint density at radius 3 is 2.76 bits per heavy atom. The number of halogens is 1. The number of rotatable bonds is 5. The molecule has 5 nitrogen and oxygen atoms in total. The van der Waals surface area contributed by atoms with Crippen LogP contribution in [0.25, 0.3) is 0 Å². The van der Waals surface area contributed by atoms with Gasteiger partial charge in [0.2, 0.25) is 0 Å². The minimum Gasteiger partial charge on any atom is -0.364 e. The Kier molecular flexibility index (Phi) is 5.45. The molecule has 1 amide bonds. The summed E-state index contributed by atoms with van der Waals surface area (Å²) in [6.45, 7) is 0. The number of hydrogen-bond acceptors (Lipinski definition) is 4. The molecule has 0 unspecified atom stereocenters. The van der Waals surface area contributed by atoms with Crippen LogP contribution in [0.5, 0.6) is 0 Å². The number of aromatic nitrogens is 1. The second kappa shape index (κ2) is 7.58. The molecule has 1 heterocycles. The van der Waals surface area contributed by atoms with Gasteiger partial charge in [-0.2, -0.15) is 0 Å². The van der Waals surface area contributed by atoms with E-state index in [0.717, 1.165) is 37.1 Å². The molecule has 0 radical (unpaired) electrons. The average molecular weight is 362 g/mol. The third kappa shape index (κ3) is 4.22. The maximum atomic E-state index is 12.2. The largest absolute Gasteiger partial charge is 0.364 e. The number of amides is 1. The van der Waals surface area contributed by atoms with Crippen molar-refractivity contribution in [1.82, 2.24) is 15.4 Å². The smallest absolute Gasteiger partial charge is 0.256 e. The number of benzene rings is 1. The summed E-state index contributed by atoms with van der Waals surface area (Å²) in [5.41, 5.74) is 1.83. The maximum absolute atomic E-state index is 12.2. The highest BCUT2D eigenvalue weighted by Gasteiger charge is 2.37. The first-order chi connectivity index (χ1) is 12.0. The molecular weight excluding hydrogens is 338 g/mol. The van der Waals surface area contributed by atoms with Crippen LogP contribution in [0.1, 0.15) is 41.6 Å². The quantitative estimate of drug-likeness (QED) is 0.884. The zero-order valence-electron chi connectivity index (χ0n) is 14.7. The van der Waals surface area contributed by atoms with E-state index in [1.54, 1.807) is 0 Å². The molecule has 0 spiro atoms. The standard InChI is InChI=1S/C19H24ClN3O2/c1-23(2)19(11-14-4-3-5-16(20)10-14)8-6-17(7-9-19)22-18(24)15-12-21-25-13-15/h3-5,10,12-13,17H,6-9,11H2,1-2H3,(H,22,24). The normalized spacial score (nSPS) is 23.6. The number of carbonyl (C=O) groups excluding carboxylic acids is 1. The van der Waals surface area contributed by atoms with Gasteiger partial charge in [0, 0.05) is 16.6 Å². The molecule has 1 fully saturated rings. The van der Waals surface area contributed by atoms with Gasteiger partial charge in [-0.05, 0) is 63.9 Å². The summed E-state index contributed by atoms with van der Waals surface area (Å²) in [7, 11) is 4.28. The monoisotopic (exact) mass is 361 g/mol. The van der Waals surface area contributed by atoms with E-state index in [-0.39, 0.29) is 17.5 Å². The molecule has 6 heteroatoms. The summed E-state index contributed by atoms with van der Waals surface area (Å²) in [5, 5.41) is 7.45. The molecule has 3 rings (SSSR count). The molecule has 0 bridgehead atoms. The van der Waals surface area contributed by atoms with Gasteiger partial charge in [0.15, 0.2) is 0 Å². The van der Waals surface area contributed by atoms with Crippen LogP contribution in [-0.2, 0) is 6.42 Å². The van der Waals surface area contributed by atoms with Gasteiger partial charge < -0.3 is 14.7 Å². The van der Waals surface area contributed by atoms with Crippen molar-refractivity contribution < 1.29 is 9.32 Å². The Balaban J connectivity index is 1.63. The van der Waals surface area contributed by atoms with Crippen molar-refractivity contribution in [3.8, 4) is 0 Å². The van der Waals surface area contributed by atoms with Crippen LogP contribution < -0.4 is 5.32 Å². The third-order valence-electron chi connectivity index (χ3n) is 5.32. The summed E-state index contributed by atoms with van der Waals surface area (Å²) in [5.74, 6) is -0.113. The Morgan fingerprint density at radius 1 is 1.40 bits per heavy atom. The maximum Gasteiger partial charge on any atom is 0.256 e. The summed E-state index contributed by atoms with van der Waals surface area (Å²) in [4.78, 5) is 14.5. The van der Waals surface area contributed by atoms with E-state index in [1.807, 2.05) is 18.2 Å². The molecule has 1 saturated carbocycles. The molecule has 1 aliphatic carbocycles. The first-order valence-electron chi connectivity index (χ1n) is 8.61. The van der Waals surface area contributed by atoms with Crippen LogP contribution in [-0.4, -0.2) is 41.6 Å². The van der Waals surface area contributed by atoms with Crippen molar-refractivity contribution in [3.63, 3.8) is 0 Å². The minimum atomic E-state index is -0.113. The lowest BCUT2D eigenvalue weighted by Gasteiger charge is -2.45. The summed E-state index contributed by atoms with van der Waals surface area (Å²) < 4.78 is 4.74. The Morgan fingerprint density at radius 2 is 2.16 bits per heavy atom. The van der Waals surface area contributed by atoms with Crippen molar-refractivity contribution in [2.45, 2.75) is 43.7 Å². The number of hydrogen-bond donors (Lipinski definition) is 1. The fourth-order valence-corrected chi connectivity index (χ4v) is 3.91. The molecule has 0 aliphatic heterocycles. The van der Waals surface area contributed by atoms with Crippen molar-refractivity contribution in [3.05, 3.63) is 52.9 Å². The highest BCUT2D eigenvalue weighted by atomic mass is 35.5. The summed E-state index contributed by atoms with van der Waals surface area (Å²) >= 11 is 6.14. The van der Waals surface area contributed by atoms with Gasteiger partial charge in [0.1, 0.15) is 6.26 Å². The lowest BCUT2D eigenvalue weighted by atomic mass is 9.75. The van der Waals surface area contributed by atoms with E-state index in [1.165, 1.54) is 18.0 Å². The van der Waals surface area contributed by atoms with Crippen molar-refractivity contribution in [2.24, 2.45) is 0 Å². The molecule has 25 heavy (non-hydrogen) atoms. The van der Waals surface area contributed by atoms with Crippen LogP contribution in [0.3, 0.4) is 0 Å². The molecule has 1 aromatic carbocycles. The van der Waals surface area contributed by atoms with Gasteiger partial charge in [-0.1, -0.05) is 28.9 Å². The summed E-state index contributed by atoms with van der Waals surface area (Å²) in [6, 6.07) is 8.29. The molecular formula is C19H24ClN3O2. The van der Waals surface area contributed by atoms with Gasteiger partial charge >= 0.3 is 0 Å². The second-order valence-electron chi connectivity index (χ2n) is 7.09. The topological polar surface area (TPSA) is 58.4 Å². The predicted octanol–water partition coefficient (Wildman–Crippen LogP) is 3.54. The first kappa shape index (κ1) is 18.0. The van der Waals surface area contributed by atoms with Gasteiger partial charge in [-0.25, -0.2) is 0 Å². The van der Waals surface area contributed by atoms with E-state index in [4.69, 9.17) is 16.1 Å². The highest BCUT2D eigenvalue weighted by molar-refractivity contribution is 6.30. The van der Waals surface area contributed by atoms with Crippen molar-refractivity contribution >= 4 is 17.5 Å². The number of nitrogens with zero attached hydrogens (tertiary/aromatic N) is 2. The average Bonchev–Trinajstić information content (AvgIpc) is 3.11. The fourth-order valence-electron chi connectivity index (χ4n) is 3.69. The fraction of sp³-hybridized carbons (Fsp3) is 0.474. The first-order valence-corrected chi connectivity index (χ1v) is 8.98. The van der Waals surface area contributed by atoms with Crippen LogP contribution in [0.15, 0.2) is 41.2 Å². The predicted molar refractivity (Wildman–Crippen MR) is 97.8 cm³/mol. The molecule has 1 aliphatic rings. The number of nitrogens with one attached hydrogen (secondary N) is 1.